The van der Waals surface area contributed by atoms with Gasteiger partial charge in [0.15, 0.2) is 0 Å². The minimum Gasteiger partial charge on any atom is -0.352 e. The Labute approximate surface area is 117 Å². The Kier molecular flexibility index (Phi) is 4.15. The van der Waals surface area contributed by atoms with E-state index in [4.69, 9.17) is 11.0 Å². The maximum absolute atomic E-state index is 10.8. The van der Waals surface area contributed by atoms with E-state index in [2.05, 4.69) is 9.88 Å². The van der Waals surface area contributed by atoms with Crippen LogP contribution in [0.5, 0.6) is 0 Å². The zero-order valence-corrected chi connectivity index (χ0v) is 11.3. The Morgan fingerprint density at radius 3 is 2.95 bits per heavy atom. The van der Waals surface area contributed by atoms with E-state index in [-0.39, 0.29) is 23.5 Å². The van der Waals surface area contributed by atoms with Gasteiger partial charge in [-0.1, -0.05) is 0 Å². The molecule has 20 heavy (non-hydrogen) atoms. The van der Waals surface area contributed by atoms with Crippen LogP contribution in [-0.2, 0) is 0 Å². The van der Waals surface area contributed by atoms with Crippen LogP contribution < -0.4 is 10.6 Å². The molecule has 2 unspecified atom stereocenters. The first-order valence-electron chi connectivity index (χ1n) is 6.62. The van der Waals surface area contributed by atoms with Crippen molar-refractivity contribution in [2.24, 2.45) is 5.73 Å². The maximum atomic E-state index is 10.8. The normalized spacial score (nSPS) is 20.2. The van der Waals surface area contributed by atoms with Crippen LogP contribution in [0.15, 0.2) is 12.1 Å². The van der Waals surface area contributed by atoms with Gasteiger partial charge in [-0.05, 0) is 32.3 Å². The summed E-state index contributed by atoms with van der Waals surface area (Å²) in [5.74, 6) is 0.592. The largest absolute Gasteiger partial charge is 0.352 e. The van der Waals surface area contributed by atoms with E-state index in [0.717, 1.165) is 25.8 Å². The number of nitriles is 1. The molecule has 0 aromatic carbocycles. The van der Waals surface area contributed by atoms with Crippen LogP contribution in [-0.4, -0.2) is 28.5 Å². The minimum atomic E-state index is -0.589. The molecule has 106 valence electrons. The lowest BCUT2D eigenvalue weighted by atomic mass is 9.97. The number of nitrogens with zero attached hydrogens (tertiary/aromatic N) is 4. The van der Waals surface area contributed by atoms with Crippen LogP contribution in [0.4, 0.5) is 11.5 Å². The minimum absolute atomic E-state index is 0.0159. The molecule has 1 aromatic rings. The predicted octanol–water partition coefficient (Wildman–Crippen LogP) is 1.57. The third kappa shape index (κ3) is 2.70. The third-order valence-electron chi connectivity index (χ3n) is 3.61. The molecule has 1 aromatic heterocycles. The number of hydrogen-bond acceptors (Lipinski definition) is 6. The molecule has 2 atom stereocenters. The van der Waals surface area contributed by atoms with Gasteiger partial charge >= 0.3 is 5.69 Å². The Balaban J connectivity index is 2.37. The summed E-state index contributed by atoms with van der Waals surface area (Å²) >= 11 is 0. The van der Waals surface area contributed by atoms with Crippen LogP contribution in [0.25, 0.3) is 0 Å². The lowest BCUT2D eigenvalue weighted by molar-refractivity contribution is -0.385. The zero-order chi connectivity index (χ0) is 14.7. The van der Waals surface area contributed by atoms with E-state index in [1.165, 1.54) is 6.07 Å². The van der Waals surface area contributed by atoms with Crippen molar-refractivity contribution in [1.82, 2.24) is 4.98 Å². The van der Waals surface area contributed by atoms with Crippen molar-refractivity contribution >= 4 is 11.5 Å². The first-order chi connectivity index (χ1) is 9.54. The van der Waals surface area contributed by atoms with Crippen LogP contribution in [0.2, 0.25) is 0 Å². The highest BCUT2D eigenvalue weighted by Gasteiger charge is 2.28. The van der Waals surface area contributed by atoms with Crippen molar-refractivity contribution in [3.05, 3.63) is 27.9 Å². The molecular formula is C13H17N5O2. The molecule has 0 amide bonds. The topological polar surface area (TPSA) is 109 Å². The van der Waals surface area contributed by atoms with Crippen LogP contribution in [0.3, 0.4) is 0 Å². The average molecular weight is 275 g/mol. The summed E-state index contributed by atoms with van der Waals surface area (Å²) in [6.45, 7) is 2.75. The Morgan fingerprint density at radius 1 is 1.60 bits per heavy atom. The molecule has 1 saturated heterocycles. The van der Waals surface area contributed by atoms with Gasteiger partial charge in [0.1, 0.15) is 11.9 Å². The Morgan fingerprint density at radius 2 is 2.35 bits per heavy atom. The Hall–Kier alpha value is -2.20. The van der Waals surface area contributed by atoms with Crippen LogP contribution >= 0.6 is 0 Å². The Bertz CT molecular complexity index is 552. The molecule has 7 nitrogen and oxygen atoms in total. The highest BCUT2D eigenvalue weighted by Crippen LogP contribution is 2.27. The van der Waals surface area contributed by atoms with Gasteiger partial charge in [0.2, 0.25) is 5.69 Å². The summed E-state index contributed by atoms with van der Waals surface area (Å²) in [4.78, 5) is 16.4. The molecular weight excluding hydrogens is 258 g/mol. The second-order valence-corrected chi connectivity index (χ2v) is 5.02. The molecule has 2 N–H and O–H groups in total. The van der Waals surface area contributed by atoms with Crippen molar-refractivity contribution in [2.75, 3.05) is 11.4 Å². The molecule has 0 spiro atoms. The molecule has 7 heteroatoms. The van der Waals surface area contributed by atoms with Crippen molar-refractivity contribution in [2.45, 2.75) is 38.3 Å². The molecule has 0 saturated carbocycles. The monoisotopic (exact) mass is 275 g/mol. The van der Waals surface area contributed by atoms with Crippen molar-refractivity contribution < 1.29 is 4.92 Å². The lowest BCUT2D eigenvalue weighted by Crippen LogP contribution is -2.49. The summed E-state index contributed by atoms with van der Waals surface area (Å²) in [6.07, 6.45) is 3.11. The average Bonchev–Trinajstić information content (AvgIpc) is 2.46. The molecule has 1 aliphatic heterocycles. The molecule has 1 aliphatic rings. The molecule has 0 aliphatic carbocycles. The van der Waals surface area contributed by atoms with E-state index in [9.17, 15) is 10.1 Å². The lowest BCUT2D eigenvalue weighted by Gasteiger charge is -2.38. The number of rotatable bonds is 3. The van der Waals surface area contributed by atoms with Gasteiger partial charge in [0.05, 0.1) is 4.92 Å². The van der Waals surface area contributed by atoms with E-state index in [0.29, 0.717) is 5.82 Å². The quantitative estimate of drug-likeness (QED) is 0.662. The van der Waals surface area contributed by atoms with Crippen molar-refractivity contribution in [3.63, 3.8) is 0 Å². The number of hydrogen-bond donors (Lipinski definition) is 1. The summed E-state index contributed by atoms with van der Waals surface area (Å²) in [5, 5.41) is 19.8. The van der Waals surface area contributed by atoms with E-state index < -0.39 is 4.92 Å². The van der Waals surface area contributed by atoms with Crippen molar-refractivity contribution in [1.29, 1.82) is 5.26 Å². The van der Waals surface area contributed by atoms with Crippen LogP contribution in [0.1, 0.15) is 31.9 Å². The fraction of sp³-hybridized carbons (Fsp3) is 0.538. The van der Waals surface area contributed by atoms with Gasteiger partial charge in [0, 0.05) is 24.7 Å². The van der Waals surface area contributed by atoms with Gasteiger partial charge in [0.25, 0.3) is 0 Å². The predicted molar refractivity (Wildman–Crippen MR) is 74.2 cm³/mol. The number of piperidine rings is 1. The van der Waals surface area contributed by atoms with Crippen molar-refractivity contribution in [3.8, 4) is 6.07 Å². The number of anilines is 1. The molecule has 2 rings (SSSR count). The van der Waals surface area contributed by atoms with Gasteiger partial charge < -0.3 is 10.6 Å². The molecule has 0 bridgehead atoms. The standard InChI is InChI=1S/C13H17N5O2/c1-9(15)11-4-2-3-7-17(11)13-6-5-12(18(19)20)10(8-14)16-13/h5-6,9,11H,2-4,7,15H2,1H3. The van der Waals surface area contributed by atoms with Gasteiger partial charge in [-0.25, -0.2) is 4.98 Å². The summed E-state index contributed by atoms with van der Waals surface area (Å²) in [7, 11) is 0. The summed E-state index contributed by atoms with van der Waals surface area (Å²) < 4.78 is 0. The second kappa shape index (κ2) is 5.84. The maximum Gasteiger partial charge on any atom is 0.305 e. The first kappa shape index (κ1) is 14.2. The van der Waals surface area contributed by atoms with Gasteiger partial charge in [-0.15, -0.1) is 0 Å². The van der Waals surface area contributed by atoms with Gasteiger partial charge in [-0.3, -0.25) is 10.1 Å². The van der Waals surface area contributed by atoms with E-state index >= 15 is 0 Å². The summed E-state index contributed by atoms with van der Waals surface area (Å²) in [6, 6.07) is 4.87. The van der Waals surface area contributed by atoms with Gasteiger partial charge in [-0.2, -0.15) is 5.26 Å². The molecule has 2 heterocycles. The fourth-order valence-corrected chi connectivity index (χ4v) is 2.62. The molecule has 0 radical (unpaired) electrons. The first-order valence-corrected chi connectivity index (χ1v) is 6.62. The summed E-state index contributed by atoms with van der Waals surface area (Å²) in [5.41, 5.74) is 5.59. The SMILES string of the molecule is CC(N)C1CCCCN1c1ccc([N+](=O)[O-])c(C#N)n1. The number of pyridine rings is 1. The molecule has 1 fully saturated rings. The highest BCUT2D eigenvalue weighted by atomic mass is 16.6. The zero-order valence-electron chi connectivity index (χ0n) is 11.3. The number of nitro groups is 1. The number of aromatic nitrogens is 1. The van der Waals surface area contributed by atoms with Crippen LogP contribution in [0, 0.1) is 21.4 Å². The fourth-order valence-electron chi connectivity index (χ4n) is 2.62. The van der Waals surface area contributed by atoms with E-state index in [1.807, 2.05) is 6.92 Å². The highest BCUT2D eigenvalue weighted by molar-refractivity contribution is 5.52. The van der Waals surface area contributed by atoms with E-state index in [1.54, 1.807) is 12.1 Å². The third-order valence-corrected chi connectivity index (χ3v) is 3.61. The smallest absolute Gasteiger partial charge is 0.305 e. The number of nitrogens with two attached hydrogens (primary N) is 1. The second-order valence-electron chi connectivity index (χ2n) is 5.02.